The molecular weight excluding hydrogens is 454 g/mol. The molecule has 146 valence electrons. The van der Waals surface area contributed by atoms with Crippen molar-refractivity contribution in [1.82, 2.24) is 20.4 Å². The molecule has 0 spiro atoms. The van der Waals surface area contributed by atoms with E-state index in [1.807, 2.05) is 25.1 Å². The second-order valence-electron chi connectivity index (χ2n) is 6.16. The molecule has 0 aliphatic rings. The fraction of sp³-hybridized carbons (Fsp3) is 0.0526. The maximum atomic E-state index is 12.3. The predicted molar refractivity (Wildman–Crippen MR) is 119 cm³/mol. The molecule has 0 unspecified atom stereocenters. The van der Waals surface area contributed by atoms with Crippen molar-refractivity contribution >= 4 is 65.8 Å². The van der Waals surface area contributed by atoms with Crippen LogP contribution in [-0.2, 0) is 0 Å². The first kappa shape index (κ1) is 19.1. The van der Waals surface area contributed by atoms with Crippen molar-refractivity contribution in [3.8, 4) is 0 Å². The average molecular weight is 470 g/mol. The summed E-state index contributed by atoms with van der Waals surface area (Å²) in [5.41, 5.74) is 14.3. The second kappa shape index (κ2) is 8.02. The number of hydrazine groups is 1. The van der Waals surface area contributed by atoms with Crippen LogP contribution in [0, 0.1) is 6.92 Å². The largest absolute Gasteiger partial charge is 0.393 e. The van der Waals surface area contributed by atoms with E-state index < -0.39 is 0 Å². The van der Waals surface area contributed by atoms with Gasteiger partial charge in [-0.15, -0.1) is 0 Å². The molecule has 0 saturated carbocycles. The Morgan fingerprint density at radius 3 is 2.76 bits per heavy atom. The van der Waals surface area contributed by atoms with Gasteiger partial charge in [-0.1, -0.05) is 29.5 Å². The minimum Gasteiger partial charge on any atom is -0.393 e. The number of nitrogens with two attached hydrogens (primary N) is 1. The Balaban J connectivity index is 1.51. The number of hydrogen-bond acceptors (Lipinski definition) is 8. The number of thiazole rings is 1. The molecule has 0 fully saturated rings. The highest BCUT2D eigenvalue weighted by Crippen LogP contribution is 2.31. The Kier molecular flexibility index (Phi) is 5.28. The highest BCUT2D eigenvalue weighted by atomic mass is 79.9. The fourth-order valence-corrected chi connectivity index (χ4v) is 4.04. The number of nitrogens with zero attached hydrogens (tertiary/aromatic N) is 3. The quantitative estimate of drug-likeness (QED) is 0.322. The van der Waals surface area contributed by atoms with E-state index >= 15 is 0 Å². The molecule has 4 aromatic rings. The van der Waals surface area contributed by atoms with E-state index in [1.54, 1.807) is 18.2 Å². The van der Waals surface area contributed by atoms with Crippen LogP contribution < -0.4 is 21.9 Å². The van der Waals surface area contributed by atoms with Gasteiger partial charge < -0.3 is 11.1 Å². The van der Waals surface area contributed by atoms with Gasteiger partial charge in [-0.05, 0) is 52.7 Å². The first-order valence-corrected chi connectivity index (χ1v) is 10.2. The third-order valence-electron chi connectivity index (χ3n) is 4.07. The Hall–Kier alpha value is -3.24. The summed E-state index contributed by atoms with van der Waals surface area (Å²) in [5, 5.41) is 3.79. The van der Waals surface area contributed by atoms with E-state index in [1.165, 1.54) is 23.2 Å². The van der Waals surface area contributed by atoms with Gasteiger partial charge in [0.25, 0.3) is 5.91 Å². The lowest BCUT2D eigenvalue weighted by Gasteiger charge is -2.12. The molecule has 2 aromatic carbocycles. The van der Waals surface area contributed by atoms with Gasteiger partial charge in [0, 0.05) is 4.47 Å². The summed E-state index contributed by atoms with van der Waals surface area (Å²) < 4.78 is 1.75. The van der Waals surface area contributed by atoms with E-state index in [-0.39, 0.29) is 17.4 Å². The van der Waals surface area contributed by atoms with Crippen LogP contribution in [0.3, 0.4) is 0 Å². The number of halogens is 1. The normalized spacial score (nSPS) is 10.7. The number of fused-ring (bicyclic) bond motifs is 1. The zero-order valence-corrected chi connectivity index (χ0v) is 17.6. The molecule has 2 heterocycles. The monoisotopic (exact) mass is 469 g/mol. The molecule has 0 atom stereocenters. The van der Waals surface area contributed by atoms with Crippen LogP contribution in [0.4, 0.5) is 22.5 Å². The number of aromatic nitrogens is 3. The van der Waals surface area contributed by atoms with E-state index in [0.717, 1.165) is 10.2 Å². The summed E-state index contributed by atoms with van der Waals surface area (Å²) >= 11 is 4.85. The molecular formula is C19H16BrN7OS. The van der Waals surface area contributed by atoms with Crippen molar-refractivity contribution in [2.24, 2.45) is 0 Å². The van der Waals surface area contributed by atoms with Gasteiger partial charge in [-0.2, -0.15) is 0 Å². The Morgan fingerprint density at radius 1 is 1.14 bits per heavy atom. The number of nitrogens with one attached hydrogen (secondary N) is 3. The van der Waals surface area contributed by atoms with Crippen molar-refractivity contribution in [2.75, 3.05) is 16.5 Å². The third kappa shape index (κ3) is 4.13. The van der Waals surface area contributed by atoms with E-state index in [0.29, 0.717) is 21.0 Å². The first-order valence-electron chi connectivity index (χ1n) is 8.57. The van der Waals surface area contributed by atoms with E-state index in [4.69, 9.17) is 5.73 Å². The van der Waals surface area contributed by atoms with Gasteiger partial charge in [-0.25, -0.2) is 15.0 Å². The molecule has 4 rings (SSSR count). The molecule has 0 aliphatic heterocycles. The fourth-order valence-electron chi connectivity index (χ4n) is 2.61. The zero-order valence-electron chi connectivity index (χ0n) is 15.2. The average Bonchev–Trinajstić information content (AvgIpc) is 3.10. The Bertz CT molecular complexity index is 1210. The van der Waals surface area contributed by atoms with Crippen LogP contribution in [-0.4, -0.2) is 20.9 Å². The van der Waals surface area contributed by atoms with Crippen molar-refractivity contribution in [3.63, 3.8) is 0 Å². The van der Waals surface area contributed by atoms with Crippen molar-refractivity contribution in [3.05, 3.63) is 64.4 Å². The highest BCUT2D eigenvalue weighted by Gasteiger charge is 2.13. The molecule has 2 aromatic heterocycles. The van der Waals surface area contributed by atoms with Crippen LogP contribution in [0.5, 0.6) is 0 Å². The van der Waals surface area contributed by atoms with E-state index in [2.05, 4.69) is 53.1 Å². The molecule has 1 amide bonds. The first-order chi connectivity index (χ1) is 14.0. The lowest BCUT2D eigenvalue weighted by Crippen LogP contribution is -2.30. The van der Waals surface area contributed by atoms with Gasteiger partial charge in [0.15, 0.2) is 16.8 Å². The van der Waals surface area contributed by atoms with Crippen molar-refractivity contribution in [1.29, 1.82) is 0 Å². The zero-order chi connectivity index (χ0) is 20.4. The lowest BCUT2D eigenvalue weighted by atomic mass is 10.2. The maximum absolute atomic E-state index is 12.3. The smallest absolute Gasteiger partial charge is 0.270 e. The second-order valence-corrected chi connectivity index (χ2v) is 8.04. The van der Waals surface area contributed by atoms with Crippen LogP contribution in [0.15, 0.2) is 53.3 Å². The van der Waals surface area contributed by atoms with Crippen molar-refractivity contribution in [2.45, 2.75) is 6.92 Å². The number of anilines is 4. The Labute approximate surface area is 178 Å². The molecule has 0 radical (unpaired) electrons. The number of benzene rings is 2. The van der Waals surface area contributed by atoms with Crippen LogP contribution in [0.25, 0.3) is 10.2 Å². The number of rotatable bonds is 5. The SMILES string of the molecule is Cc1ccc2nc(Nc3ncnc(NNC(=O)c4ccccc4Br)c3N)sc2c1. The predicted octanol–water partition coefficient (Wildman–Crippen LogP) is 4.24. The van der Waals surface area contributed by atoms with Gasteiger partial charge in [0.2, 0.25) is 0 Å². The van der Waals surface area contributed by atoms with Gasteiger partial charge in [-0.3, -0.25) is 15.6 Å². The number of amides is 1. The summed E-state index contributed by atoms with van der Waals surface area (Å²) in [5.74, 6) is 0.347. The van der Waals surface area contributed by atoms with Crippen molar-refractivity contribution < 1.29 is 4.79 Å². The van der Waals surface area contributed by atoms with Crippen LogP contribution in [0.2, 0.25) is 0 Å². The molecule has 0 aliphatic carbocycles. The minimum absolute atomic E-state index is 0.260. The summed E-state index contributed by atoms with van der Waals surface area (Å²) in [6, 6.07) is 13.2. The molecule has 0 bridgehead atoms. The van der Waals surface area contributed by atoms with Crippen LogP contribution in [0.1, 0.15) is 15.9 Å². The molecule has 5 N–H and O–H groups in total. The van der Waals surface area contributed by atoms with Gasteiger partial charge in [0.1, 0.15) is 12.0 Å². The molecule has 10 heteroatoms. The maximum Gasteiger partial charge on any atom is 0.270 e. The topological polar surface area (TPSA) is 118 Å². The lowest BCUT2D eigenvalue weighted by molar-refractivity contribution is 0.0961. The third-order valence-corrected chi connectivity index (χ3v) is 5.69. The number of hydrogen-bond donors (Lipinski definition) is 4. The highest BCUT2D eigenvalue weighted by molar-refractivity contribution is 9.10. The minimum atomic E-state index is -0.327. The standard InChI is InChI=1S/C19H16BrN7OS/c1-10-6-7-13-14(8-10)29-19(24-13)25-16-15(21)17(23-9-22-16)26-27-18(28)11-4-2-3-5-12(11)20/h2-9H,21H2,1H3,(H,27,28)(H2,22,23,24,25,26). The summed E-state index contributed by atoms with van der Waals surface area (Å²) in [4.78, 5) is 25.2. The summed E-state index contributed by atoms with van der Waals surface area (Å²) in [6.45, 7) is 2.04. The van der Waals surface area contributed by atoms with Crippen LogP contribution >= 0.6 is 27.3 Å². The molecule has 8 nitrogen and oxygen atoms in total. The van der Waals surface area contributed by atoms with Gasteiger partial charge >= 0.3 is 0 Å². The Morgan fingerprint density at radius 2 is 1.93 bits per heavy atom. The summed E-state index contributed by atoms with van der Waals surface area (Å²) in [7, 11) is 0. The number of aryl methyl sites for hydroxylation is 1. The number of carbonyl (C=O) groups is 1. The molecule has 29 heavy (non-hydrogen) atoms. The number of carbonyl (C=O) groups excluding carboxylic acids is 1. The number of nitrogen functional groups attached to an aromatic ring is 1. The molecule has 0 saturated heterocycles. The van der Waals surface area contributed by atoms with Gasteiger partial charge in [0.05, 0.1) is 15.8 Å². The summed E-state index contributed by atoms with van der Waals surface area (Å²) in [6.07, 6.45) is 1.35. The van der Waals surface area contributed by atoms with E-state index in [9.17, 15) is 4.79 Å².